The first kappa shape index (κ1) is 11.8. The van der Waals surface area contributed by atoms with Crippen molar-refractivity contribution in [3.63, 3.8) is 0 Å². The van der Waals surface area contributed by atoms with Crippen molar-refractivity contribution >= 4 is 10.8 Å². The molecule has 18 heavy (non-hydrogen) atoms. The summed E-state index contributed by atoms with van der Waals surface area (Å²) in [5, 5.41) is 0.706. The van der Waals surface area contributed by atoms with E-state index in [4.69, 9.17) is 12.8 Å². The van der Waals surface area contributed by atoms with Crippen molar-refractivity contribution in [2.45, 2.75) is 13.1 Å². The molecule has 0 fully saturated rings. The summed E-state index contributed by atoms with van der Waals surface area (Å²) in [7, 11) is 0. The van der Waals surface area contributed by atoms with Gasteiger partial charge in [-0.25, -0.2) is 9.36 Å². The number of terminal acetylenes is 2. The Bertz CT molecular complexity index is 729. The Morgan fingerprint density at radius 3 is 1.61 bits per heavy atom. The first-order valence-electron chi connectivity index (χ1n) is 5.30. The van der Waals surface area contributed by atoms with Crippen molar-refractivity contribution in [3.05, 3.63) is 45.0 Å². The fourth-order valence-electron chi connectivity index (χ4n) is 1.84. The van der Waals surface area contributed by atoms with Crippen LogP contribution in [0.2, 0.25) is 0 Å². The van der Waals surface area contributed by atoms with Crippen LogP contribution in [0.25, 0.3) is 10.8 Å². The van der Waals surface area contributed by atoms with E-state index in [1.165, 1.54) is 9.36 Å². The topological polar surface area (TPSA) is 44.0 Å². The zero-order valence-corrected chi connectivity index (χ0v) is 9.59. The molecular weight excluding hydrogens is 228 g/mol. The molecule has 0 atom stereocenters. The van der Waals surface area contributed by atoms with Crippen LogP contribution in [0.5, 0.6) is 0 Å². The first-order chi connectivity index (χ1) is 8.70. The summed E-state index contributed by atoms with van der Waals surface area (Å²) in [6.45, 7) is 0.0289. The number of nitrogens with zero attached hydrogens (tertiary/aromatic N) is 2. The van der Waals surface area contributed by atoms with Crippen molar-refractivity contribution in [2.75, 3.05) is 0 Å². The van der Waals surface area contributed by atoms with Crippen LogP contribution in [0.4, 0.5) is 0 Å². The van der Waals surface area contributed by atoms with Crippen LogP contribution in [-0.4, -0.2) is 9.36 Å². The number of benzene rings is 1. The molecule has 0 bridgehead atoms. The van der Waals surface area contributed by atoms with E-state index in [-0.39, 0.29) is 24.2 Å². The van der Waals surface area contributed by atoms with E-state index in [0.717, 1.165) is 0 Å². The highest BCUT2D eigenvalue weighted by Gasteiger charge is 2.10. The molecule has 0 unspecified atom stereocenters. The number of rotatable bonds is 2. The third kappa shape index (κ3) is 1.70. The van der Waals surface area contributed by atoms with Crippen LogP contribution in [-0.2, 0) is 13.1 Å². The zero-order chi connectivity index (χ0) is 13.1. The van der Waals surface area contributed by atoms with Gasteiger partial charge in [-0.15, -0.1) is 12.8 Å². The Labute approximate surface area is 103 Å². The average molecular weight is 238 g/mol. The maximum atomic E-state index is 12.2. The first-order valence-corrected chi connectivity index (χ1v) is 5.30. The zero-order valence-electron chi connectivity index (χ0n) is 9.59. The second-order valence-corrected chi connectivity index (χ2v) is 3.68. The van der Waals surface area contributed by atoms with Crippen molar-refractivity contribution < 1.29 is 0 Å². The summed E-state index contributed by atoms with van der Waals surface area (Å²) in [6.07, 6.45) is 10.4. The molecule has 4 heteroatoms. The Morgan fingerprint density at radius 2 is 1.28 bits per heavy atom. The van der Waals surface area contributed by atoms with Gasteiger partial charge < -0.3 is 0 Å². The summed E-state index contributed by atoms with van der Waals surface area (Å²) < 4.78 is 2.40. The molecule has 1 aromatic heterocycles. The van der Waals surface area contributed by atoms with E-state index in [2.05, 4.69) is 11.8 Å². The molecule has 4 nitrogen and oxygen atoms in total. The summed E-state index contributed by atoms with van der Waals surface area (Å²) >= 11 is 0. The van der Waals surface area contributed by atoms with Gasteiger partial charge in [0.05, 0.1) is 10.8 Å². The predicted octanol–water partition coefficient (Wildman–Crippen LogP) is 0.430. The minimum absolute atomic E-state index is 0.0145. The molecule has 0 aliphatic rings. The fraction of sp³-hybridized carbons (Fsp3) is 0.143. The van der Waals surface area contributed by atoms with Gasteiger partial charge >= 0.3 is 0 Å². The Hall–Kier alpha value is -2.72. The van der Waals surface area contributed by atoms with E-state index in [1.807, 2.05) is 0 Å². The van der Waals surface area contributed by atoms with Crippen LogP contribution in [0, 0.1) is 24.7 Å². The van der Waals surface area contributed by atoms with Crippen LogP contribution in [0.1, 0.15) is 0 Å². The van der Waals surface area contributed by atoms with E-state index in [9.17, 15) is 9.59 Å². The normalized spacial score (nSPS) is 9.89. The van der Waals surface area contributed by atoms with Gasteiger partial charge in [-0.05, 0) is 12.1 Å². The number of hydrogen-bond acceptors (Lipinski definition) is 2. The third-order valence-corrected chi connectivity index (χ3v) is 2.63. The highest BCUT2D eigenvalue weighted by atomic mass is 16.2. The second-order valence-electron chi connectivity index (χ2n) is 3.68. The largest absolute Gasteiger partial charge is 0.274 e. The smallest absolute Gasteiger partial charge is 0.267 e. The molecule has 1 aromatic carbocycles. The molecule has 2 rings (SSSR count). The lowest BCUT2D eigenvalue weighted by atomic mass is 10.2. The molecule has 0 saturated heterocycles. The fourth-order valence-corrected chi connectivity index (χ4v) is 1.84. The number of hydrogen-bond donors (Lipinski definition) is 0. The summed E-state index contributed by atoms with van der Waals surface area (Å²) in [5.74, 6) is 4.70. The third-order valence-electron chi connectivity index (χ3n) is 2.63. The number of fused-ring (bicyclic) bond motifs is 1. The van der Waals surface area contributed by atoms with Gasteiger partial charge in [-0.3, -0.25) is 9.59 Å². The lowest BCUT2D eigenvalue weighted by molar-refractivity contribution is 0.494. The maximum absolute atomic E-state index is 12.2. The van der Waals surface area contributed by atoms with E-state index in [1.54, 1.807) is 24.3 Å². The quantitative estimate of drug-likeness (QED) is 0.712. The van der Waals surface area contributed by atoms with Gasteiger partial charge in [0.1, 0.15) is 13.1 Å². The summed E-state index contributed by atoms with van der Waals surface area (Å²) in [4.78, 5) is 24.4. The maximum Gasteiger partial charge on any atom is 0.274 e. The van der Waals surface area contributed by atoms with Crippen LogP contribution in [0.3, 0.4) is 0 Å². The van der Waals surface area contributed by atoms with E-state index in [0.29, 0.717) is 10.8 Å². The van der Waals surface area contributed by atoms with Crippen molar-refractivity contribution in [1.29, 1.82) is 0 Å². The molecule has 0 N–H and O–H groups in total. The molecule has 0 aliphatic carbocycles. The second kappa shape index (κ2) is 4.65. The van der Waals surface area contributed by atoms with Crippen LogP contribution < -0.4 is 11.1 Å². The molecule has 0 spiro atoms. The minimum atomic E-state index is -0.307. The molecule has 0 saturated carbocycles. The van der Waals surface area contributed by atoms with E-state index < -0.39 is 0 Å². The van der Waals surface area contributed by atoms with Gasteiger partial charge in [-0.2, -0.15) is 0 Å². The van der Waals surface area contributed by atoms with Crippen LogP contribution >= 0.6 is 0 Å². The molecule has 0 radical (unpaired) electrons. The Balaban J connectivity index is 2.98. The van der Waals surface area contributed by atoms with Crippen molar-refractivity contribution in [3.8, 4) is 24.7 Å². The van der Waals surface area contributed by atoms with Crippen molar-refractivity contribution in [1.82, 2.24) is 9.36 Å². The Morgan fingerprint density at radius 1 is 0.889 bits per heavy atom. The average Bonchev–Trinajstić information content (AvgIpc) is 2.40. The lowest BCUT2D eigenvalue weighted by Crippen LogP contribution is -2.38. The molecule has 0 aliphatic heterocycles. The summed E-state index contributed by atoms with van der Waals surface area (Å²) in [6, 6.07) is 6.61. The molecular formula is C14H10N2O2. The van der Waals surface area contributed by atoms with Crippen molar-refractivity contribution in [2.24, 2.45) is 0 Å². The Kier molecular flexibility index (Phi) is 3.03. The monoisotopic (exact) mass is 238 g/mol. The van der Waals surface area contributed by atoms with Gasteiger partial charge in [0, 0.05) is 0 Å². The SMILES string of the molecule is C#CCn1c(=O)c2ccccc2c(=O)n1CC#C. The molecule has 1 heterocycles. The number of aromatic nitrogens is 2. The minimum Gasteiger partial charge on any atom is -0.267 e. The van der Waals surface area contributed by atoms with Gasteiger partial charge in [0.2, 0.25) is 0 Å². The lowest BCUT2D eigenvalue weighted by Gasteiger charge is -2.12. The molecule has 88 valence electrons. The predicted molar refractivity (Wildman–Crippen MR) is 70.1 cm³/mol. The van der Waals surface area contributed by atoms with Gasteiger partial charge in [0.15, 0.2) is 0 Å². The van der Waals surface area contributed by atoms with Crippen LogP contribution in [0.15, 0.2) is 33.9 Å². The highest BCUT2D eigenvalue weighted by molar-refractivity contribution is 5.80. The van der Waals surface area contributed by atoms with Gasteiger partial charge in [0.25, 0.3) is 11.1 Å². The molecule has 0 amide bonds. The standard InChI is InChI=1S/C14H10N2O2/c1-3-9-15-13(17)11-7-5-6-8-12(11)14(18)16(15)10-4-2/h1-2,5-8H,9-10H2. The van der Waals surface area contributed by atoms with E-state index >= 15 is 0 Å². The molecule has 2 aromatic rings. The highest BCUT2D eigenvalue weighted by Crippen LogP contribution is 2.03. The van der Waals surface area contributed by atoms with Gasteiger partial charge in [-0.1, -0.05) is 24.0 Å². The summed E-state index contributed by atoms with van der Waals surface area (Å²) in [5.41, 5.74) is -0.614.